The van der Waals surface area contributed by atoms with Crippen molar-refractivity contribution in [2.45, 2.75) is 96.0 Å². The minimum atomic E-state index is -3.91. The molecule has 0 radical (unpaired) electrons. The molecule has 0 atom stereocenters. The molecule has 242 valence electrons. The molecule has 0 spiro atoms. The van der Waals surface area contributed by atoms with Crippen LogP contribution < -0.4 is 4.74 Å². The zero-order chi connectivity index (χ0) is 32.0. The lowest BCUT2D eigenvalue weighted by Gasteiger charge is -2.38. The lowest BCUT2D eigenvalue weighted by molar-refractivity contribution is -0.131. The number of unbranched alkanes of at least 4 members (excludes halogenated alkanes) is 2. The second kappa shape index (κ2) is 14.9. The molecule has 2 fully saturated rings. The van der Waals surface area contributed by atoms with E-state index in [0.29, 0.717) is 40.8 Å². The quantitative estimate of drug-likeness (QED) is 0.117. The third-order valence-electron chi connectivity index (χ3n) is 9.91. The maximum atomic E-state index is 15.3. The van der Waals surface area contributed by atoms with Crippen molar-refractivity contribution >= 4 is 6.08 Å². The van der Waals surface area contributed by atoms with Crippen LogP contribution in [0.5, 0.6) is 5.75 Å². The summed E-state index contributed by atoms with van der Waals surface area (Å²) in [4.78, 5) is 0. The maximum Gasteiger partial charge on any atom is 0.419 e. The first-order valence-corrected chi connectivity index (χ1v) is 16.4. The number of halogens is 6. The molecule has 0 heterocycles. The van der Waals surface area contributed by atoms with Crippen LogP contribution in [0.1, 0.15) is 101 Å². The van der Waals surface area contributed by atoms with Crippen molar-refractivity contribution < 1.29 is 31.1 Å². The zero-order valence-electron chi connectivity index (χ0n) is 25.8. The number of rotatable bonds is 11. The van der Waals surface area contributed by atoms with Crippen molar-refractivity contribution in [3.63, 3.8) is 0 Å². The largest absolute Gasteiger partial charge is 0.429 e. The van der Waals surface area contributed by atoms with Gasteiger partial charge in [-0.2, -0.15) is 8.78 Å². The lowest BCUT2D eigenvalue weighted by Crippen LogP contribution is -2.25. The Bertz CT molecular complexity index is 1410. The Morgan fingerprint density at radius 2 is 1.36 bits per heavy atom. The molecule has 0 amide bonds. The number of benzene rings is 3. The molecule has 0 bridgehead atoms. The van der Waals surface area contributed by atoms with Crippen LogP contribution in [0, 0.1) is 41.0 Å². The van der Waals surface area contributed by atoms with Crippen molar-refractivity contribution in [2.24, 2.45) is 17.8 Å². The molecule has 1 nitrogen and oxygen atoms in total. The average Bonchev–Trinajstić information content (AvgIpc) is 3.03. The Morgan fingerprint density at radius 1 is 0.733 bits per heavy atom. The fraction of sp³-hybridized carbons (Fsp3) is 0.474. The van der Waals surface area contributed by atoms with Crippen LogP contribution in [-0.4, -0.2) is 6.11 Å². The van der Waals surface area contributed by atoms with Crippen molar-refractivity contribution in [1.82, 2.24) is 0 Å². The molecular weight excluding hydrogens is 586 g/mol. The Hall–Kier alpha value is -3.22. The molecular formula is C38H42F6O. The van der Waals surface area contributed by atoms with Crippen molar-refractivity contribution in [3.8, 4) is 16.9 Å². The van der Waals surface area contributed by atoms with E-state index in [4.69, 9.17) is 0 Å². The first-order chi connectivity index (χ1) is 21.6. The van der Waals surface area contributed by atoms with Gasteiger partial charge in [0.15, 0.2) is 17.5 Å². The summed E-state index contributed by atoms with van der Waals surface area (Å²) in [6.45, 7) is 2.27. The van der Waals surface area contributed by atoms with Gasteiger partial charge >= 0.3 is 6.11 Å². The minimum Gasteiger partial charge on any atom is -0.429 e. The van der Waals surface area contributed by atoms with E-state index in [-0.39, 0.29) is 5.82 Å². The SMILES string of the molecule is CCCCCC1CCC(C2CCC(c3ccc(-c4ccc(C=CC(F)(F)Oc5cc(F)c(F)c(F)c5)cc4)c(F)c3)CC2)CC1. The molecule has 3 aromatic carbocycles. The molecule has 0 unspecified atom stereocenters. The van der Waals surface area contributed by atoms with Crippen molar-refractivity contribution in [3.05, 3.63) is 95.1 Å². The number of alkyl halides is 2. The highest BCUT2D eigenvalue weighted by atomic mass is 19.3. The summed E-state index contributed by atoms with van der Waals surface area (Å²) >= 11 is 0. The topological polar surface area (TPSA) is 9.23 Å². The molecule has 45 heavy (non-hydrogen) atoms. The van der Waals surface area contributed by atoms with Gasteiger partial charge in [0.1, 0.15) is 11.6 Å². The van der Waals surface area contributed by atoms with E-state index in [0.717, 1.165) is 42.2 Å². The van der Waals surface area contributed by atoms with Gasteiger partial charge in [-0.3, -0.25) is 0 Å². The van der Waals surface area contributed by atoms with Gasteiger partial charge in [-0.05, 0) is 91.0 Å². The Balaban J connectivity index is 1.13. The third-order valence-corrected chi connectivity index (χ3v) is 9.91. The van der Waals surface area contributed by atoms with E-state index in [9.17, 15) is 22.0 Å². The molecule has 5 rings (SSSR count). The summed E-state index contributed by atoms with van der Waals surface area (Å²) in [6, 6.07) is 12.6. The summed E-state index contributed by atoms with van der Waals surface area (Å²) in [6.07, 6.45) is 13.2. The van der Waals surface area contributed by atoms with Gasteiger partial charge in [-0.15, -0.1) is 0 Å². The van der Waals surface area contributed by atoms with Gasteiger partial charge in [0.05, 0.1) is 0 Å². The summed E-state index contributed by atoms with van der Waals surface area (Å²) in [5.74, 6) is -3.23. The van der Waals surface area contributed by atoms with Crippen LogP contribution in [-0.2, 0) is 0 Å². The van der Waals surface area contributed by atoms with Gasteiger partial charge in [0.25, 0.3) is 0 Å². The monoisotopic (exact) mass is 628 g/mol. The molecule has 0 N–H and O–H groups in total. The normalized spacial score (nSPS) is 22.6. The van der Waals surface area contributed by atoms with Gasteiger partial charge in [-0.1, -0.05) is 81.8 Å². The predicted octanol–water partition coefficient (Wildman–Crippen LogP) is 12.3. The fourth-order valence-corrected chi connectivity index (χ4v) is 7.32. The number of ether oxygens (including phenoxy) is 1. The van der Waals surface area contributed by atoms with Gasteiger partial charge < -0.3 is 4.74 Å². The second-order valence-corrected chi connectivity index (χ2v) is 12.9. The van der Waals surface area contributed by atoms with Gasteiger partial charge in [0.2, 0.25) is 0 Å². The summed E-state index contributed by atoms with van der Waals surface area (Å²) in [7, 11) is 0. The Morgan fingerprint density at radius 3 is 1.96 bits per heavy atom. The smallest absolute Gasteiger partial charge is 0.419 e. The molecule has 0 saturated heterocycles. The molecule has 2 saturated carbocycles. The van der Waals surface area contributed by atoms with E-state index >= 15 is 4.39 Å². The van der Waals surface area contributed by atoms with Crippen LogP contribution in [0.2, 0.25) is 0 Å². The van der Waals surface area contributed by atoms with E-state index in [2.05, 4.69) is 11.7 Å². The molecule has 0 aliphatic heterocycles. The van der Waals surface area contributed by atoms with Crippen molar-refractivity contribution in [2.75, 3.05) is 0 Å². The van der Waals surface area contributed by atoms with Crippen LogP contribution >= 0.6 is 0 Å². The molecule has 3 aromatic rings. The minimum absolute atomic E-state index is 0.307. The summed E-state index contributed by atoms with van der Waals surface area (Å²) < 4.78 is 87.8. The first kappa shape index (κ1) is 33.2. The lowest BCUT2D eigenvalue weighted by atomic mass is 9.68. The molecule has 7 heteroatoms. The van der Waals surface area contributed by atoms with Crippen LogP contribution in [0.25, 0.3) is 17.2 Å². The highest BCUT2D eigenvalue weighted by molar-refractivity contribution is 5.67. The fourth-order valence-electron chi connectivity index (χ4n) is 7.32. The highest BCUT2D eigenvalue weighted by Gasteiger charge is 2.32. The van der Waals surface area contributed by atoms with Gasteiger partial charge in [0, 0.05) is 23.8 Å². The third kappa shape index (κ3) is 8.74. The maximum absolute atomic E-state index is 15.3. The van der Waals surface area contributed by atoms with Crippen molar-refractivity contribution in [1.29, 1.82) is 0 Å². The summed E-state index contributed by atoms with van der Waals surface area (Å²) in [5, 5.41) is 0. The van der Waals surface area contributed by atoms with Crippen LogP contribution in [0.15, 0.2) is 60.7 Å². The number of hydrogen-bond donors (Lipinski definition) is 0. The van der Waals surface area contributed by atoms with E-state index in [1.807, 2.05) is 6.07 Å². The van der Waals surface area contributed by atoms with Gasteiger partial charge in [-0.25, -0.2) is 17.6 Å². The first-order valence-electron chi connectivity index (χ1n) is 16.4. The molecule has 2 aliphatic rings. The highest BCUT2D eigenvalue weighted by Crippen LogP contribution is 2.45. The van der Waals surface area contributed by atoms with Crippen LogP contribution in [0.4, 0.5) is 26.3 Å². The van der Waals surface area contributed by atoms with E-state index < -0.39 is 29.3 Å². The molecule has 0 aromatic heterocycles. The zero-order valence-corrected chi connectivity index (χ0v) is 25.8. The second-order valence-electron chi connectivity index (χ2n) is 12.9. The average molecular weight is 629 g/mol. The van der Waals surface area contributed by atoms with E-state index in [1.165, 1.54) is 64.2 Å². The molecule has 2 aliphatic carbocycles. The standard InChI is InChI=1S/C38H42F6O/c1-2-3-4-5-25-6-10-27(11-7-25)28-14-16-29(17-15-28)31-18-19-33(34(39)22-31)30-12-8-26(9-13-30)20-21-38(43,44)45-32-23-35(40)37(42)36(41)24-32/h8-9,12-13,18-25,27-29H,2-7,10-11,14-17H2,1H3. The predicted molar refractivity (Wildman–Crippen MR) is 167 cm³/mol. The van der Waals surface area contributed by atoms with Crippen LogP contribution in [0.3, 0.4) is 0 Å². The Labute approximate surface area is 262 Å². The summed E-state index contributed by atoms with van der Waals surface area (Å²) in [5.41, 5.74) is 2.48. The Kier molecular flexibility index (Phi) is 11.0. The van der Waals surface area contributed by atoms with E-state index in [1.54, 1.807) is 36.4 Å². The number of hydrogen-bond acceptors (Lipinski definition) is 1.